The lowest BCUT2D eigenvalue weighted by molar-refractivity contribution is -0.124. The molecule has 2 aromatic rings. The molecule has 104 valence electrons. The van der Waals surface area contributed by atoms with E-state index in [0.717, 1.165) is 11.3 Å². The molecule has 6 heteroatoms. The first-order valence-electron chi connectivity index (χ1n) is 5.81. The third kappa shape index (κ3) is 3.63. The molecule has 0 atom stereocenters. The molecule has 0 radical (unpaired) electrons. The summed E-state index contributed by atoms with van der Waals surface area (Å²) in [5, 5.41) is 9.62. The highest BCUT2D eigenvalue weighted by Crippen LogP contribution is 2.22. The fourth-order valence-corrected chi connectivity index (χ4v) is 2.22. The highest BCUT2D eigenvalue weighted by Gasteiger charge is 2.04. The van der Waals surface area contributed by atoms with Crippen LogP contribution in [0.1, 0.15) is 11.3 Å². The van der Waals surface area contributed by atoms with E-state index in [4.69, 9.17) is 28.4 Å². The zero-order valence-corrected chi connectivity index (χ0v) is 11.9. The number of aromatic nitrogens is 1. The number of nitrogens with zero attached hydrogens (tertiary/aromatic N) is 1. The van der Waals surface area contributed by atoms with Crippen LogP contribution in [0, 0.1) is 0 Å². The number of carbonyl (C=O) groups excluding carboxylic acids is 1. The van der Waals surface area contributed by atoms with Crippen LogP contribution in [0.4, 0.5) is 0 Å². The van der Waals surface area contributed by atoms with Gasteiger partial charge in [-0.2, -0.15) is 0 Å². The van der Waals surface area contributed by atoms with E-state index in [9.17, 15) is 4.79 Å². The first-order chi connectivity index (χ1) is 9.60. The summed E-state index contributed by atoms with van der Waals surface area (Å²) in [6.45, 7) is 0.559. The van der Waals surface area contributed by atoms with Gasteiger partial charge in [-0.1, -0.05) is 29.3 Å². The number of amides is 1. The second-order valence-electron chi connectivity index (χ2n) is 4.11. The molecular formula is C14H12Cl2N2O2. The largest absolute Gasteiger partial charge is 0.344 e. The van der Waals surface area contributed by atoms with Crippen LogP contribution in [-0.4, -0.2) is 15.7 Å². The summed E-state index contributed by atoms with van der Waals surface area (Å²) in [7, 11) is 0. The molecule has 1 amide bonds. The monoisotopic (exact) mass is 310 g/mol. The number of benzene rings is 1. The van der Waals surface area contributed by atoms with Gasteiger partial charge in [0.1, 0.15) is 0 Å². The van der Waals surface area contributed by atoms with Crippen molar-refractivity contribution in [3.8, 4) is 0 Å². The molecule has 2 N–H and O–H groups in total. The summed E-state index contributed by atoms with van der Waals surface area (Å²) in [5.41, 5.74) is 3.28. The summed E-state index contributed by atoms with van der Waals surface area (Å²) in [4.78, 5) is 11.0. The van der Waals surface area contributed by atoms with E-state index in [1.807, 2.05) is 29.0 Å². The van der Waals surface area contributed by atoms with Gasteiger partial charge in [0.15, 0.2) is 0 Å². The van der Waals surface area contributed by atoms with Gasteiger partial charge in [-0.15, -0.1) is 0 Å². The highest BCUT2D eigenvalue weighted by atomic mass is 35.5. The van der Waals surface area contributed by atoms with Crippen LogP contribution in [0.15, 0.2) is 42.6 Å². The van der Waals surface area contributed by atoms with Crippen molar-refractivity contribution < 1.29 is 10.0 Å². The maximum Gasteiger partial charge on any atom is 0.267 e. The SMILES string of the molecule is O=C(/C=C/c1cccn1Cc1ccc(Cl)cc1Cl)NO. The molecule has 4 nitrogen and oxygen atoms in total. The van der Waals surface area contributed by atoms with E-state index in [1.165, 1.54) is 6.08 Å². The maximum atomic E-state index is 11.0. The molecule has 0 unspecified atom stereocenters. The lowest BCUT2D eigenvalue weighted by Gasteiger charge is -2.08. The van der Waals surface area contributed by atoms with Crippen molar-refractivity contribution in [2.45, 2.75) is 6.54 Å². The zero-order valence-electron chi connectivity index (χ0n) is 10.4. The van der Waals surface area contributed by atoms with Gasteiger partial charge >= 0.3 is 0 Å². The molecule has 0 saturated heterocycles. The van der Waals surface area contributed by atoms with Crippen LogP contribution in [0.25, 0.3) is 6.08 Å². The van der Waals surface area contributed by atoms with E-state index in [-0.39, 0.29) is 0 Å². The predicted octanol–water partition coefficient (Wildman–Crippen LogP) is 3.36. The van der Waals surface area contributed by atoms with Crippen molar-refractivity contribution in [1.29, 1.82) is 0 Å². The summed E-state index contributed by atoms with van der Waals surface area (Å²) in [6.07, 6.45) is 4.73. The molecule has 0 aliphatic rings. The van der Waals surface area contributed by atoms with Crippen LogP contribution in [0.3, 0.4) is 0 Å². The summed E-state index contributed by atoms with van der Waals surface area (Å²) in [5.74, 6) is -0.581. The first kappa shape index (κ1) is 14.7. The Balaban J connectivity index is 2.20. The molecule has 1 aromatic carbocycles. The summed E-state index contributed by atoms with van der Waals surface area (Å²) >= 11 is 12.0. The van der Waals surface area contributed by atoms with E-state index in [0.29, 0.717) is 16.6 Å². The fraction of sp³-hybridized carbons (Fsp3) is 0.0714. The molecule has 0 aliphatic carbocycles. The van der Waals surface area contributed by atoms with E-state index >= 15 is 0 Å². The lowest BCUT2D eigenvalue weighted by Crippen LogP contribution is -2.15. The Kier molecular flexibility index (Phi) is 4.84. The number of hydrogen-bond acceptors (Lipinski definition) is 2. The van der Waals surface area contributed by atoms with Gasteiger partial charge in [0, 0.05) is 34.6 Å². The fourth-order valence-electron chi connectivity index (χ4n) is 1.75. The number of nitrogens with one attached hydrogen (secondary N) is 1. The molecule has 0 saturated carbocycles. The minimum absolute atomic E-state index is 0.559. The molecule has 20 heavy (non-hydrogen) atoms. The van der Waals surface area contributed by atoms with Gasteiger partial charge in [0.05, 0.1) is 0 Å². The third-order valence-electron chi connectivity index (χ3n) is 2.74. The van der Waals surface area contributed by atoms with Gasteiger partial charge in [0.2, 0.25) is 0 Å². The quantitative estimate of drug-likeness (QED) is 0.517. The Morgan fingerprint density at radius 1 is 1.35 bits per heavy atom. The highest BCUT2D eigenvalue weighted by molar-refractivity contribution is 6.35. The smallest absolute Gasteiger partial charge is 0.267 e. The third-order valence-corrected chi connectivity index (χ3v) is 3.32. The Bertz CT molecular complexity index is 650. The average Bonchev–Trinajstić information content (AvgIpc) is 2.86. The molecule has 0 fully saturated rings. The molecule has 0 bridgehead atoms. The van der Waals surface area contributed by atoms with Gasteiger partial charge in [-0.3, -0.25) is 10.0 Å². The van der Waals surface area contributed by atoms with Gasteiger partial charge in [-0.25, -0.2) is 5.48 Å². The topological polar surface area (TPSA) is 54.3 Å². The van der Waals surface area contributed by atoms with Crippen LogP contribution >= 0.6 is 23.2 Å². The van der Waals surface area contributed by atoms with E-state index < -0.39 is 5.91 Å². The second kappa shape index (κ2) is 6.61. The normalized spacial score (nSPS) is 10.9. The first-order valence-corrected chi connectivity index (χ1v) is 6.57. The van der Waals surface area contributed by atoms with Crippen LogP contribution in [0.2, 0.25) is 10.0 Å². The summed E-state index contributed by atoms with van der Waals surface area (Å²) in [6, 6.07) is 9.04. The van der Waals surface area contributed by atoms with Crippen molar-refractivity contribution in [1.82, 2.24) is 10.0 Å². The van der Waals surface area contributed by atoms with Crippen molar-refractivity contribution in [2.24, 2.45) is 0 Å². The van der Waals surface area contributed by atoms with Gasteiger partial charge in [0.25, 0.3) is 5.91 Å². The van der Waals surface area contributed by atoms with Crippen LogP contribution in [-0.2, 0) is 11.3 Å². The molecule has 0 spiro atoms. The van der Waals surface area contributed by atoms with Crippen LogP contribution < -0.4 is 5.48 Å². The minimum atomic E-state index is -0.581. The number of hydrogen-bond donors (Lipinski definition) is 2. The number of carbonyl (C=O) groups is 1. The molecule has 1 aromatic heterocycles. The number of hydroxylamine groups is 1. The summed E-state index contributed by atoms with van der Waals surface area (Å²) < 4.78 is 1.93. The maximum absolute atomic E-state index is 11.0. The van der Waals surface area contributed by atoms with E-state index in [1.54, 1.807) is 23.7 Å². The van der Waals surface area contributed by atoms with Crippen molar-refractivity contribution >= 4 is 35.2 Å². The zero-order chi connectivity index (χ0) is 14.5. The van der Waals surface area contributed by atoms with Crippen LogP contribution in [0.5, 0.6) is 0 Å². The number of rotatable bonds is 4. The Labute approximate surface area is 126 Å². The Morgan fingerprint density at radius 3 is 2.85 bits per heavy atom. The minimum Gasteiger partial charge on any atom is -0.344 e. The van der Waals surface area contributed by atoms with E-state index in [2.05, 4.69) is 0 Å². The van der Waals surface area contributed by atoms with Gasteiger partial charge in [-0.05, 0) is 35.9 Å². The van der Waals surface area contributed by atoms with Gasteiger partial charge < -0.3 is 4.57 Å². The lowest BCUT2D eigenvalue weighted by atomic mass is 10.2. The standard InChI is InChI=1S/C14H12Cl2N2O2/c15-11-4-3-10(13(16)8-11)9-18-7-1-2-12(18)5-6-14(19)17-20/h1-8,20H,9H2,(H,17,19)/b6-5+. The molecular weight excluding hydrogens is 299 g/mol. The molecule has 2 rings (SSSR count). The molecule has 0 aliphatic heterocycles. The Hall–Kier alpha value is -1.75. The predicted molar refractivity (Wildman–Crippen MR) is 79.0 cm³/mol. The Morgan fingerprint density at radius 2 is 2.15 bits per heavy atom. The average molecular weight is 311 g/mol. The second-order valence-corrected chi connectivity index (χ2v) is 4.95. The van der Waals surface area contributed by atoms with Crippen molar-refractivity contribution in [3.05, 3.63) is 63.9 Å². The van der Waals surface area contributed by atoms with Crippen molar-refractivity contribution in [2.75, 3.05) is 0 Å². The number of halogens is 2. The van der Waals surface area contributed by atoms with Crippen molar-refractivity contribution in [3.63, 3.8) is 0 Å². The molecule has 1 heterocycles.